The van der Waals surface area contributed by atoms with Crippen molar-refractivity contribution in [1.82, 2.24) is 14.8 Å². The zero-order valence-electron chi connectivity index (χ0n) is 18.8. The van der Waals surface area contributed by atoms with Gasteiger partial charge in [0.2, 0.25) is 5.91 Å². The van der Waals surface area contributed by atoms with E-state index in [4.69, 9.17) is 21.1 Å². The molecule has 3 aromatic rings. The van der Waals surface area contributed by atoms with Crippen molar-refractivity contribution < 1.29 is 18.7 Å². The summed E-state index contributed by atoms with van der Waals surface area (Å²) >= 11 is 6.99. The van der Waals surface area contributed by atoms with Gasteiger partial charge in [-0.05, 0) is 43.2 Å². The number of thioether (sulfide) groups is 1. The first kappa shape index (κ1) is 24.9. The molecule has 0 saturated heterocycles. The predicted molar refractivity (Wildman–Crippen MR) is 128 cm³/mol. The summed E-state index contributed by atoms with van der Waals surface area (Å²) in [6.07, 6.45) is -0.380. The molecule has 0 aliphatic carbocycles. The van der Waals surface area contributed by atoms with Gasteiger partial charge < -0.3 is 19.4 Å². The number of methoxy groups -OCH3 is 1. The highest BCUT2D eigenvalue weighted by atomic mass is 35.5. The summed E-state index contributed by atoms with van der Waals surface area (Å²) < 4.78 is 27.2. The quantitative estimate of drug-likeness (QED) is 0.371. The van der Waals surface area contributed by atoms with Crippen LogP contribution in [-0.2, 0) is 11.3 Å². The fraction of sp³-hybridized carbons (Fsp3) is 0.348. The molecule has 1 N–H and O–H groups in total. The Kier molecular flexibility index (Phi) is 8.57. The Labute approximate surface area is 201 Å². The average Bonchev–Trinajstić information content (AvgIpc) is 3.16. The van der Waals surface area contributed by atoms with E-state index >= 15 is 0 Å². The van der Waals surface area contributed by atoms with Crippen molar-refractivity contribution in [3.63, 3.8) is 0 Å². The molecule has 0 bridgehead atoms. The monoisotopic (exact) mass is 492 g/mol. The van der Waals surface area contributed by atoms with Crippen LogP contribution in [0.5, 0.6) is 11.5 Å². The Morgan fingerprint density at radius 1 is 1.18 bits per heavy atom. The van der Waals surface area contributed by atoms with Crippen LogP contribution in [0.1, 0.15) is 32.7 Å². The summed E-state index contributed by atoms with van der Waals surface area (Å²) in [7, 11) is 1.60. The van der Waals surface area contributed by atoms with Crippen LogP contribution in [0.4, 0.5) is 10.1 Å². The maximum atomic E-state index is 13.9. The fourth-order valence-electron chi connectivity index (χ4n) is 3.08. The topological polar surface area (TPSA) is 78.3 Å². The highest BCUT2D eigenvalue weighted by Crippen LogP contribution is 2.28. The predicted octanol–water partition coefficient (Wildman–Crippen LogP) is 5.61. The maximum absolute atomic E-state index is 13.9. The first-order chi connectivity index (χ1) is 15.8. The molecule has 1 unspecified atom stereocenters. The number of halogens is 2. The Morgan fingerprint density at radius 2 is 1.94 bits per heavy atom. The number of carbonyl (C=O) groups is 1. The third-order valence-corrected chi connectivity index (χ3v) is 5.75. The van der Waals surface area contributed by atoms with Gasteiger partial charge in [0.05, 0.1) is 18.6 Å². The Balaban J connectivity index is 1.71. The van der Waals surface area contributed by atoms with Gasteiger partial charge in [0.1, 0.15) is 17.3 Å². The van der Waals surface area contributed by atoms with Crippen LogP contribution in [0.15, 0.2) is 47.6 Å². The molecule has 7 nitrogen and oxygen atoms in total. The molecular formula is C23H26ClFN4O3S. The first-order valence-electron chi connectivity index (χ1n) is 10.4. The van der Waals surface area contributed by atoms with E-state index < -0.39 is 5.82 Å². The summed E-state index contributed by atoms with van der Waals surface area (Å²) in [5, 5.41) is 12.0. The van der Waals surface area contributed by atoms with E-state index in [1.165, 1.54) is 23.9 Å². The Hall–Kier alpha value is -2.78. The Bertz CT molecular complexity index is 1110. The molecule has 1 heterocycles. The largest absolute Gasteiger partial charge is 0.497 e. The minimum Gasteiger partial charge on any atom is -0.497 e. The van der Waals surface area contributed by atoms with E-state index in [1.807, 2.05) is 29.7 Å². The molecule has 2 aromatic carbocycles. The number of hydrogen-bond acceptors (Lipinski definition) is 6. The molecule has 1 atom stereocenters. The molecule has 3 rings (SSSR count). The van der Waals surface area contributed by atoms with E-state index in [-0.39, 0.29) is 28.5 Å². The molecule has 0 aliphatic heterocycles. The smallest absolute Gasteiger partial charge is 0.234 e. The lowest BCUT2D eigenvalue weighted by Crippen LogP contribution is -2.17. The summed E-state index contributed by atoms with van der Waals surface area (Å²) in [4.78, 5) is 12.4. The van der Waals surface area contributed by atoms with Crippen LogP contribution in [0.25, 0.3) is 0 Å². The van der Waals surface area contributed by atoms with Gasteiger partial charge in [-0.3, -0.25) is 4.79 Å². The number of hydrogen-bond donors (Lipinski definition) is 1. The van der Waals surface area contributed by atoms with Crippen LogP contribution in [0.2, 0.25) is 5.02 Å². The minimum absolute atomic E-state index is 0.0451. The molecule has 10 heteroatoms. The van der Waals surface area contributed by atoms with Crippen molar-refractivity contribution >= 4 is 35.0 Å². The van der Waals surface area contributed by atoms with Crippen molar-refractivity contribution in [3.05, 3.63) is 59.1 Å². The summed E-state index contributed by atoms with van der Waals surface area (Å²) in [5.74, 6) is 1.42. The van der Waals surface area contributed by atoms with E-state index in [0.29, 0.717) is 34.9 Å². The van der Waals surface area contributed by atoms with Gasteiger partial charge in [0.25, 0.3) is 0 Å². The van der Waals surface area contributed by atoms with E-state index in [9.17, 15) is 9.18 Å². The van der Waals surface area contributed by atoms with Gasteiger partial charge in [0.15, 0.2) is 17.1 Å². The first-order valence-corrected chi connectivity index (χ1v) is 11.7. The lowest BCUT2D eigenvalue weighted by molar-refractivity contribution is -0.113. The van der Waals surface area contributed by atoms with Crippen molar-refractivity contribution in [2.24, 2.45) is 5.92 Å². The molecule has 176 valence electrons. The molecule has 0 radical (unpaired) electrons. The SMILES string of the molecule is COc1cccc(OC(C)c2nnc(SCC(=O)Nc3ccc(Cl)cc3F)n2CC(C)C)c1. The lowest BCUT2D eigenvalue weighted by Gasteiger charge is -2.18. The highest BCUT2D eigenvalue weighted by Gasteiger charge is 2.21. The van der Waals surface area contributed by atoms with Gasteiger partial charge in [-0.2, -0.15) is 0 Å². The molecule has 0 aliphatic rings. The fourth-order valence-corrected chi connectivity index (χ4v) is 4.00. The normalized spacial score (nSPS) is 12.0. The Morgan fingerprint density at radius 3 is 2.64 bits per heavy atom. The van der Waals surface area contributed by atoms with Crippen molar-refractivity contribution in [3.8, 4) is 11.5 Å². The van der Waals surface area contributed by atoms with E-state index in [1.54, 1.807) is 13.2 Å². The van der Waals surface area contributed by atoms with Crippen LogP contribution in [0.3, 0.4) is 0 Å². The van der Waals surface area contributed by atoms with E-state index in [2.05, 4.69) is 29.4 Å². The van der Waals surface area contributed by atoms with Gasteiger partial charge in [-0.1, -0.05) is 43.3 Å². The number of nitrogens with one attached hydrogen (secondary N) is 1. The number of benzene rings is 2. The second kappa shape index (κ2) is 11.4. The molecule has 1 aromatic heterocycles. The number of rotatable bonds is 10. The number of aromatic nitrogens is 3. The summed E-state index contributed by atoms with van der Waals surface area (Å²) in [6, 6.07) is 11.4. The van der Waals surface area contributed by atoms with Crippen LogP contribution >= 0.6 is 23.4 Å². The number of nitrogens with zero attached hydrogens (tertiary/aromatic N) is 3. The minimum atomic E-state index is -0.588. The average molecular weight is 493 g/mol. The molecule has 0 fully saturated rings. The van der Waals surface area contributed by atoms with Crippen LogP contribution in [-0.4, -0.2) is 33.5 Å². The third-order valence-electron chi connectivity index (χ3n) is 4.55. The molecule has 0 saturated carbocycles. The zero-order chi connectivity index (χ0) is 24.0. The van der Waals surface area contributed by atoms with Gasteiger partial charge in [0, 0.05) is 17.6 Å². The van der Waals surface area contributed by atoms with Crippen molar-refractivity contribution in [2.45, 2.75) is 38.6 Å². The van der Waals surface area contributed by atoms with Crippen molar-refractivity contribution in [2.75, 3.05) is 18.2 Å². The van der Waals surface area contributed by atoms with E-state index in [0.717, 1.165) is 6.07 Å². The summed E-state index contributed by atoms with van der Waals surface area (Å²) in [5.41, 5.74) is 0.0784. The number of anilines is 1. The third kappa shape index (κ3) is 6.85. The molecule has 33 heavy (non-hydrogen) atoms. The van der Waals surface area contributed by atoms with Gasteiger partial charge in [-0.15, -0.1) is 10.2 Å². The van der Waals surface area contributed by atoms with Crippen LogP contribution in [0, 0.1) is 11.7 Å². The second-order valence-corrected chi connectivity index (χ2v) is 9.12. The van der Waals surface area contributed by atoms with Gasteiger partial charge >= 0.3 is 0 Å². The molecule has 0 spiro atoms. The standard InChI is InChI=1S/C23H26ClFN4O3S/c1-14(2)12-29-22(15(3)32-18-7-5-6-17(11-18)31-4)27-28-23(29)33-13-21(30)26-20-9-8-16(24)10-19(20)25/h5-11,14-15H,12-13H2,1-4H3,(H,26,30). The molecular weight excluding hydrogens is 467 g/mol. The van der Waals surface area contributed by atoms with Gasteiger partial charge in [-0.25, -0.2) is 4.39 Å². The molecule has 1 amide bonds. The number of amides is 1. The maximum Gasteiger partial charge on any atom is 0.234 e. The second-order valence-electron chi connectivity index (χ2n) is 7.75. The zero-order valence-corrected chi connectivity index (χ0v) is 20.4. The summed E-state index contributed by atoms with van der Waals surface area (Å²) in [6.45, 7) is 6.72. The van der Waals surface area contributed by atoms with Crippen molar-refractivity contribution in [1.29, 1.82) is 0 Å². The lowest BCUT2D eigenvalue weighted by atomic mass is 10.2. The number of carbonyl (C=O) groups excluding carboxylic acids is 1. The number of ether oxygens (including phenoxy) is 2. The highest BCUT2D eigenvalue weighted by molar-refractivity contribution is 7.99. The van der Waals surface area contributed by atoms with Crippen LogP contribution < -0.4 is 14.8 Å².